The van der Waals surface area contributed by atoms with Crippen LogP contribution in [0.3, 0.4) is 0 Å². The number of cyclic esters (lactones) is 1. The molecular formula is C15H14F2N4O3. The number of carbonyl (C=O) groups is 2. The Hall–Kier alpha value is -2.97. The van der Waals surface area contributed by atoms with Gasteiger partial charge in [0.05, 0.1) is 30.7 Å². The van der Waals surface area contributed by atoms with Crippen LogP contribution in [0.15, 0.2) is 30.7 Å². The van der Waals surface area contributed by atoms with Crippen LogP contribution < -0.4 is 10.2 Å². The molecule has 1 saturated heterocycles. The summed E-state index contributed by atoms with van der Waals surface area (Å²) in [5, 5.41) is 2.56. The third-order valence-electron chi connectivity index (χ3n) is 3.52. The number of amides is 2. The maximum absolute atomic E-state index is 14.3. The van der Waals surface area contributed by atoms with E-state index in [-0.39, 0.29) is 24.7 Å². The van der Waals surface area contributed by atoms with Gasteiger partial charge in [0.15, 0.2) is 0 Å². The van der Waals surface area contributed by atoms with Gasteiger partial charge in [0.1, 0.15) is 18.2 Å². The van der Waals surface area contributed by atoms with Crippen molar-refractivity contribution in [1.29, 1.82) is 0 Å². The number of hydrogen-bond acceptors (Lipinski definition) is 4. The second-order valence-electron chi connectivity index (χ2n) is 5.29. The quantitative estimate of drug-likeness (QED) is 0.920. The van der Waals surface area contributed by atoms with Crippen molar-refractivity contribution in [3.63, 3.8) is 0 Å². The normalized spacial score (nSPS) is 17.0. The molecule has 0 unspecified atom stereocenters. The maximum atomic E-state index is 14.3. The lowest BCUT2D eigenvalue weighted by Gasteiger charge is -2.14. The van der Waals surface area contributed by atoms with Crippen molar-refractivity contribution >= 4 is 17.7 Å². The molecule has 0 saturated carbocycles. The van der Waals surface area contributed by atoms with Crippen LogP contribution in [-0.4, -0.2) is 40.7 Å². The van der Waals surface area contributed by atoms with Crippen molar-refractivity contribution in [3.05, 3.63) is 42.5 Å². The molecule has 1 aromatic heterocycles. The van der Waals surface area contributed by atoms with E-state index in [0.717, 1.165) is 18.6 Å². The zero-order valence-electron chi connectivity index (χ0n) is 12.7. The Morgan fingerprint density at radius 1 is 1.46 bits per heavy atom. The minimum atomic E-state index is -0.720. The number of aromatic nitrogens is 2. The van der Waals surface area contributed by atoms with Crippen LogP contribution >= 0.6 is 0 Å². The van der Waals surface area contributed by atoms with E-state index in [1.54, 1.807) is 0 Å². The van der Waals surface area contributed by atoms with Gasteiger partial charge in [0.2, 0.25) is 11.9 Å². The summed E-state index contributed by atoms with van der Waals surface area (Å²) in [5.74, 6) is -1.59. The molecule has 3 rings (SSSR count). The Labute approximate surface area is 135 Å². The summed E-state index contributed by atoms with van der Waals surface area (Å²) < 4.78 is 33.5. The fourth-order valence-electron chi connectivity index (χ4n) is 2.40. The lowest BCUT2D eigenvalue weighted by Crippen LogP contribution is -2.33. The van der Waals surface area contributed by atoms with Crippen molar-refractivity contribution < 1.29 is 23.1 Å². The molecule has 0 bridgehead atoms. The molecule has 1 N–H and O–H groups in total. The van der Waals surface area contributed by atoms with Crippen LogP contribution in [0.1, 0.15) is 6.92 Å². The average Bonchev–Trinajstić information content (AvgIpc) is 3.11. The minimum Gasteiger partial charge on any atom is -0.442 e. The number of ether oxygens (including phenoxy) is 1. The third kappa shape index (κ3) is 3.19. The summed E-state index contributed by atoms with van der Waals surface area (Å²) >= 11 is 0. The number of anilines is 1. The zero-order chi connectivity index (χ0) is 17.3. The van der Waals surface area contributed by atoms with Gasteiger partial charge < -0.3 is 14.6 Å². The summed E-state index contributed by atoms with van der Waals surface area (Å²) in [6.45, 7) is 1.74. The summed E-state index contributed by atoms with van der Waals surface area (Å²) in [6, 6.07) is 4.11. The summed E-state index contributed by atoms with van der Waals surface area (Å²) in [7, 11) is 0. The summed E-state index contributed by atoms with van der Waals surface area (Å²) in [5.41, 5.74) is 0.421. The SMILES string of the molecule is CC(=O)NC[C@H]1CN(c2ccc(-n3cnc(F)c3)c(F)c2)C(=O)O1. The predicted molar refractivity (Wildman–Crippen MR) is 79.8 cm³/mol. The maximum Gasteiger partial charge on any atom is 0.414 e. The Balaban J connectivity index is 1.77. The first-order valence-corrected chi connectivity index (χ1v) is 7.16. The Morgan fingerprint density at radius 3 is 2.88 bits per heavy atom. The van der Waals surface area contributed by atoms with Crippen molar-refractivity contribution in [1.82, 2.24) is 14.9 Å². The lowest BCUT2D eigenvalue weighted by molar-refractivity contribution is -0.119. The molecule has 0 radical (unpaired) electrons. The van der Waals surface area contributed by atoms with Gasteiger partial charge in [-0.2, -0.15) is 4.39 Å². The van der Waals surface area contributed by atoms with Gasteiger partial charge in [-0.15, -0.1) is 0 Å². The summed E-state index contributed by atoms with van der Waals surface area (Å²) in [6.07, 6.45) is 1.07. The highest BCUT2D eigenvalue weighted by Crippen LogP contribution is 2.25. The number of rotatable bonds is 4. The molecule has 1 aromatic carbocycles. The second kappa shape index (κ2) is 6.26. The highest BCUT2D eigenvalue weighted by Gasteiger charge is 2.32. The molecule has 0 spiro atoms. The van der Waals surface area contributed by atoms with E-state index >= 15 is 0 Å². The molecule has 9 heteroatoms. The predicted octanol–water partition coefficient (Wildman–Crippen LogP) is 1.61. The molecule has 24 heavy (non-hydrogen) atoms. The van der Waals surface area contributed by atoms with E-state index in [9.17, 15) is 18.4 Å². The molecule has 1 aliphatic heterocycles. The molecular weight excluding hydrogens is 322 g/mol. The van der Waals surface area contributed by atoms with Gasteiger partial charge in [-0.25, -0.2) is 14.2 Å². The summed E-state index contributed by atoms with van der Waals surface area (Å²) in [4.78, 5) is 27.5. The molecule has 1 aliphatic rings. The van der Waals surface area contributed by atoms with Crippen molar-refractivity contribution in [3.8, 4) is 5.69 Å². The fraction of sp³-hybridized carbons (Fsp3) is 0.267. The largest absolute Gasteiger partial charge is 0.442 e. The topological polar surface area (TPSA) is 76.5 Å². The standard InChI is InChI=1S/C15H14F2N4O3/c1-9(22)18-5-11-6-21(15(23)24-11)10-2-3-13(12(16)4-10)20-7-14(17)19-8-20/h2-4,7-8,11H,5-6H2,1H3,(H,18,22)/t11-/m0/s1. The number of halogens is 2. The van der Waals surface area contributed by atoms with Crippen LogP contribution in [0, 0.1) is 11.8 Å². The van der Waals surface area contributed by atoms with E-state index in [4.69, 9.17) is 4.74 Å². The lowest BCUT2D eigenvalue weighted by atomic mass is 10.2. The fourth-order valence-corrected chi connectivity index (χ4v) is 2.40. The van der Waals surface area contributed by atoms with E-state index in [1.807, 2.05) is 0 Å². The van der Waals surface area contributed by atoms with Crippen molar-refractivity contribution in [2.75, 3.05) is 18.0 Å². The Kier molecular flexibility index (Phi) is 4.15. The van der Waals surface area contributed by atoms with E-state index in [2.05, 4.69) is 10.3 Å². The molecule has 2 aromatic rings. The number of carbonyl (C=O) groups excluding carboxylic acids is 2. The Morgan fingerprint density at radius 2 is 2.25 bits per heavy atom. The molecule has 2 amide bonds. The van der Waals surface area contributed by atoms with Gasteiger partial charge in [0.25, 0.3) is 0 Å². The van der Waals surface area contributed by atoms with Crippen LogP contribution in [0.5, 0.6) is 0 Å². The van der Waals surface area contributed by atoms with E-state index < -0.39 is 24.0 Å². The van der Waals surface area contributed by atoms with Crippen LogP contribution in [0.4, 0.5) is 19.3 Å². The first-order valence-electron chi connectivity index (χ1n) is 7.16. The van der Waals surface area contributed by atoms with Crippen molar-refractivity contribution in [2.24, 2.45) is 0 Å². The zero-order valence-corrected chi connectivity index (χ0v) is 12.7. The van der Waals surface area contributed by atoms with Gasteiger partial charge in [-0.05, 0) is 18.2 Å². The first kappa shape index (κ1) is 15.9. The Bertz CT molecular complexity index is 793. The van der Waals surface area contributed by atoms with Gasteiger partial charge in [0, 0.05) is 6.92 Å². The monoisotopic (exact) mass is 336 g/mol. The molecule has 1 fully saturated rings. The minimum absolute atomic E-state index is 0.109. The molecule has 1 atom stereocenters. The van der Waals surface area contributed by atoms with E-state index in [0.29, 0.717) is 5.69 Å². The molecule has 2 heterocycles. The van der Waals surface area contributed by atoms with Crippen LogP contribution in [0.25, 0.3) is 5.69 Å². The smallest absolute Gasteiger partial charge is 0.414 e. The number of hydrogen-bond donors (Lipinski definition) is 1. The van der Waals surface area contributed by atoms with Gasteiger partial charge >= 0.3 is 6.09 Å². The number of imidazole rings is 1. The van der Waals surface area contributed by atoms with Crippen LogP contribution in [0.2, 0.25) is 0 Å². The van der Waals surface area contributed by atoms with Crippen molar-refractivity contribution in [2.45, 2.75) is 13.0 Å². The molecule has 0 aliphatic carbocycles. The van der Waals surface area contributed by atoms with Gasteiger partial charge in [-0.1, -0.05) is 0 Å². The number of benzene rings is 1. The average molecular weight is 336 g/mol. The highest BCUT2D eigenvalue weighted by atomic mass is 19.1. The molecule has 7 nitrogen and oxygen atoms in total. The molecule has 126 valence electrons. The van der Waals surface area contributed by atoms with E-state index in [1.165, 1.54) is 28.5 Å². The second-order valence-corrected chi connectivity index (χ2v) is 5.29. The first-order chi connectivity index (χ1) is 11.4. The number of nitrogens with zero attached hydrogens (tertiary/aromatic N) is 3. The highest BCUT2D eigenvalue weighted by molar-refractivity contribution is 5.90. The third-order valence-corrected chi connectivity index (χ3v) is 3.52. The van der Waals surface area contributed by atoms with Gasteiger partial charge in [-0.3, -0.25) is 9.69 Å². The van der Waals surface area contributed by atoms with Crippen LogP contribution in [-0.2, 0) is 9.53 Å². The number of nitrogens with one attached hydrogen (secondary N) is 1.